The fourth-order valence-electron chi connectivity index (χ4n) is 2.70. The summed E-state index contributed by atoms with van der Waals surface area (Å²) in [6.45, 7) is -3.11. The van der Waals surface area contributed by atoms with Crippen LogP contribution in [0.3, 0.4) is 0 Å². The van der Waals surface area contributed by atoms with E-state index in [4.69, 9.17) is 5.11 Å². The van der Waals surface area contributed by atoms with E-state index in [9.17, 15) is 13.6 Å². The first kappa shape index (κ1) is 12.5. The average molecular weight is 271 g/mol. The lowest BCUT2D eigenvalue weighted by Crippen LogP contribution is -2.55. The Bertz CT molecular complexity index is 505. The van der Waals surface area contributed by atoms with E-state index in [2.05, 4.69) is 15.5 Å². The van der Waals surface area contributed by atoms with Crippen LogP contribution in [0.4, 0.5) is 8.78 Å². The van der Waals surface area contributed by atoms with Gasteiger partial charge in [0, 0.05) is 17.2 Å². The standard InChI is InChI=1S/C12H15F2N3O2/c13-3-12(4-14,5-18)15-11(19)10-8-2-6-1-7(6)9(8)16-17-10/h6-7,18H,1-5H2,(H,15,19)(H,16,17). The molecule has 1 saturated carbocycles. The number of nitrogens with zero attached hydrogens (tertiary/aromatic N) is 1. The molecule has 104 valence electrons. The van der Waals surface area contributed by atoms with E-state index in [-0.39, 0.29) is 5.69 Å². The van der Waals surface area contributed by atoms with Crippen LogP contribution >= 0.6 is 0 Å². The molecule has 5 nitrogen and oxygen atoms in total. The van der Waals surface area contributed by atoms with Gasteiger partial charge in [-0.3, -0.25) is 9.89 Å². The number of fused-ring (bicyclic) bond motifs is 3. The number of alkyl halides is 2. The van der Waals surface area contributed by atoms with Crippen molar-refractivity contribution >= 4 is 5.91 Å². The molecule has 19 heavy (non-hydrogen) atoms. The number of carbonyl (C=O) groups excluding carboxylic acids is 1. The van der Waals surface area contributed by atoms with Crippen molar-refractivity contribution in [2.24, 2.45) is 5.92 Å². The number of aromatic nitrogens is 2. The molecule has 2 aliphatic rings. The zero-order valence-electron chi connectivity index (χ0n) is 10.2. The Morgan fingerprint density at radius 3 is 2.89 bits per heavy atom. The van der Waals surface area contributed by atoms with Gasteiger partial charge in [0.25, 0.3) is 5.91 Å². The van der Waals surface area contributed by atoms with E-state index < -0.39 is 31.4 Å². The van der Waals surface area contributed by atoms with Crippen molar-refractivity contribution < 1.29 is 18.7 Å². The van der Waals surface area contributed by atoms with Crippen LogP contribution in [0.25, 0.3) is 0 Å². The number of hydrogen-bond donors (Lipinski definition) is 3. The number of aromatic amines is 1. The van der Waals surface area contributed by atoms with Crippen molar-refractivity contribution in [3.8, 4) is 0 Å². The van der Waals surface area contributed by atoms with Crippen LogP contribution in [0.15, 0.2) is 0 Å². The van der Waals surface area contributed by atoms with Crippen molar-refractivity contribution in [1.29, 1.82) is 0 Å². The molecule has 0 aliphatic heterocycles. The molecule has 2 unspecified atom stereocenters. The lowest BCUT2D eigenvalue weighted by molar-refractivity contribution is 0.0707. The van der Waals surface area contributed by atoms with Crippen LogP contribution in [0, 0.1) is 5.92 Å². The quantitative estimate of drug-likeness (QED) is 0.728. The van der Waals surface area contributed by atoms with Crippen LogP contribution < -0.4 is 5.32 Å². The smallest absolute Gasteiger partial charge is 0.272 e. The molecule has 7 heteroatoms. The third-order valence-corrected chi connectivity index (χ3v) is 4.07. The third kappa shape index (κ3) is 1.83. The number of halogens is 2. The van der Waals surface area contributed by atoms with E-state index in [0.717, 1.165) is 24.1 Å². The maximum atomic E-state index is 12.8. The summed E-state index contributed by atoms with van der Waals surface area (Å²) in [5.74, 6) is 0.415. The first-order chi connectivity index (χ1) is 9.14. The van der Waals surface area contributed by atoms with Crippen LogP contribution in [0.5, 0.6) is 0 Å². The molecule has 3 N–H and O–H groups in total. The Morgan fingerprint density at radius 2 is 2.26 bits per heavy atom. The van der Waals surface area contributed by atoms with Crippen molar-refractivity contribution in [1.82, 2.24) is 15.5 Å². The minimum atomic E-state index is -1.86. The summed E-state index contributed by atoms with van der Waals surface area (Å²) in [7, 11) is 0. The average Bonchev–Trinajstić information content (AvgIpc) is 2.92. The van der Waals surface area contributed by atoms with Crippen LogP contribution in [-0.2, 0) is 6.42 Å². The Balaban J connectivity index is 1.79. The Labute approximate surface area is 108 Å². The molecule has 2 atom stereocenters. The SMILES string of the molecule is O=C(NC(CO)(CF)CF)c1n[nH]c2c1CC1CC21. The summed E-state index contributed by atoms with van der Waals surface area (Å²) < 4.78 is 25.6. The van der Waals surface area contributed by atoms with Gasteiger partial charge < -0.3 is 10.4 Å². The summed E-state index contributed by atoms with van der Waals surface area (Å²) in [5.41, 5.74) is 0.167. The minimum Gasteiger partial charge on any atom is -0.394 e. The first-order valence-electron chi connectivity index (χ1n) is 6.26. The molecule has 0 bridgehead atoms. The van der Waals surface area contributed by atoms with Gasteiger partial charge in [-0.1, -0.05) is 0 Å². The van der Waals surface area contributed by atoms with Gasteiger partial charge in [-0.2, -0.15) is 5.10 Å². The van der Waals surface area contributed by atoms with Crippen molar-refractivity contribution in [3.05, 3.63) is 17.0 Å². The molecule has 0 aromatic carbocycles. The molecule has 3 rings (SSSR count). The van der Waals surface area contributed by atoms with Gasteiger partial charge in [0.05, 0.1) is 6.61 Å². The summed E-state index contributed by atoms with van der Waals surface area (Å²) in [5, 5.41) is 18.0. The number of H-pyrrole nitrogens is 1. The maximum Gasteiger partial charge on any atom is 0.272 e. The largest absolute Gasteiger partial charge is 0.394 e. The molecule has 1 amide bonds. The monoisotopic (exact) mass is 271 g/mol. The molecule has 2 aliphatic carbocycles. The van der Waals surface area contributed by atoms with Crippen LogP contribution in [-0.4, -0.2) is 46.7 Å². The van der Waals surface area contributed by atoms with Crippen LogP contribution in [0.1, 0.15) is 34.1 Å². The van der Waals surface area contributed by atoms with Crippen molar-refractivity contribution in [3.63, 3.8) is 0 Å². The Kier molecular flexibility index (Phi) is 2.81. The number of carbonyl (C=O) groups is 1. The molecule has 1 heterocycles. The first-order valence-corrected chi connectivity index (χ1v) is 6.26. The highest BCUT2D eigenvalue weighted by Crippen LogP contribution is 2.55. The molecule has 0 spiro atoms. The maximum absolute atomic E-state index is 12.8. The van der Waals surface area contributed by atoms with Gasteiger partial charge in [0.15, 0.2) is 5.69 Å². The lowest BCUT2D eigenvalue weighted by atomic mass is 10.0. The van der Waals surface area contributed by atoms with E-state index in [1.165, 1.54) is 0 Å². The number of hydrogen-bond acceptors (Lipinski definition) is 3. The van der Waals surface area contributed by atoms with Gasteiger partial charge in [0.2, 0.25) is 0 Å². The van der Waals surface area contributed by atoms with E-state index in [1.54, 1.807) is 0 Å². The van der Waals surface area contributed by atoms with E-state index >= 15 is 0 Å². The predicted molar refractivity (Wildman–Crippen MR) is 62.4 cm³/mol. The molecule has 1 aromatic heterocycles. The second-order valence-corrected chi connectivity index (χ2v) is 5.43. The Hall–Kier alpha value is -1.50. The molecular formula is C12H15F2N3O2. The minimum absolute atomic E-state index is 0.196. The fourth-order valence-corrected chi connectivity index (χ4v) is 2.70. The summed E-state index contributed by atoms with van der Waals surface area (Å²) >= 11 is 0. The molecule has 0 saturated heterocycles. The second kappa shape index (κ2) is 4.26. The number of nitrogens with one attached hydrogen (secondary N) is 2. The second-order valence-electron chi connectivity index (χ2n) is 5.43. The fraction of sp³-hybridized carbons (Fsp3) is 0.667. The zero-order valence-corrected chi connectivity index (χ0v) is 10.2. The molecule has 0 radical (unpaired) electrons. The van der Waals surface area contributed by atoms with Crippen molar-refractivity contribution in [2.75, 3.05) is 20.0 Å². The lowest BCUT2D eigenvalue weighted by Gasteiger charge is -2.26. The predicted octanol–water partition coefficient (Wildman–Crippen LogP) is 0.469. The molecule has 1 fully saturated rings. The number of rotatable bonds is 5. The highest BCUT2D eigenvalue weighted by atomic mass is 19.1. The van der Waals surface area contributed by atoms with Gasteiger partial charge in [0.1, 0.15) is 18.9 Å². The summed E-state index contributed by atoms with van der Waals surface area (Å²) in [6, 6.07) is 0. The third-order valence-electron chi connectivity index (χ3n) is 4.07. The topological polar surface area (TPSA) is 78.0 Å². The van der Waals surface area contributed by atoms with Gasteiger partial charge >= 0.3 is 0 Å². The van der Waals surface area contributed by atoms with Crippen LogP contribution in [0.2, 0.25) is 0 Å². The molecular weight excluding hydrogens is 256 g/mol. The number of aliphatic hydroxyl groups is 1. The normalized spacial score (nSPS) is 23.9. The van der Waals surface area contributed by atoms with Gasteiger partial charge in [-0.15, -0.1) is 0 Å². The number of amides is 1. The van der Waals surface area contributed by atoms with Crippen molar-refractivity contribution in [2.45, 2.75) is 24.3 Å². The van der Waals surface area contributed by atoms with Gasteiger partial charge in [-0.05, 0) is 18.8 Å². The highest BCUT2D eigenvalue weighted by Gasteiger charge is 2.48. The molecule has 1 aromatic rings. The highest BCUT2D eigenvalue weighted by molar-refractivity contribution is 5.95. The van der Waals surface area contributed by atoms with E-state index in [0.29, 0.717) is 11.8 Å². The Morgan fingerprint density at radius 1 is 1.53 bits per heavy atom. The number of aliphatic hydroxyl groups excluding tert-OH is 1. The zero-order chi connectivity index (χ0) is 13.6. The summed E-state index contributed by atoms with van der Waals surface area (Å²) in [6.07, 6.45) is 1.91. The van der Waals surface area contributed by atoms with Gasteiger partial charge in [-0.25, -0.2) is 8.78 Å². The summed E-state index contributed by atoms with van der Waals surface area (Å²) in [4.78, 5) is 12.0. The van der Waals surface area contributed by atoms with E-state index in [1.807, 2.05) is 0 Å².